The van der Waals surface area contributed by atoms with Gasteiger partial charge in [-0.3, -0.25) is 0 Å². The first-order chi connectivity index (χ1) is 3.41. The SMILES string of the molecule is C.C.C.CCCOCCC. The quantitative estimate of drug-likeness (QED) is 0.555. The third kappa shape index (κ3) is 24.6. The first-order valence-electron chi connectivity index (χ1n) is 2.99. The van der Waals surface area contributed by atoms with Crippen LogP contribution in [-0.2, 0) is 4.74 Å². The van der Waals surface area contributed by atoms with Crippen LogP contribution in [0.3, 0.4) is 0 Å². The Hall–Kier alpha value is -0.0400. The first-order valence-corrected chi connectivity index (χ1v) is 2.99. The van der Waals surface area contributed by atoms with Crippen LogP contribution in [0.2, 0.25) is 0 Å². The van der Waals surface area contributed by atoms with Gasteiger partial charge >= 0.3 is 0 Å². The van der Waals surface area contributed by atoms with E-state index in [9.17, 15) is 0 Å². The van der Waals surface area contributed by atoms with E-state index in [1.54, 1.807) is 0 Å². The highest BCUT2D eigenvalue weighted by atomic mass is 16.5. The molecule has 0 amide bonds. The van der Waals surface area contributed by atoms with Crippen LogP contribution in [-0.4, -0.2) is 13.2 Å². The summed E-state index contributed by atoms with van der Waals surface area (Å²) in [5, 5.41) is 0. The summed E-state index contributed by atoms with van der Waals surface area (Å²) in [4.78, 5) is 0. The van der Waals surface area contributed by atoms with Crippen LogP contribution in [0.1, 0.15) is 49.0 Å². The Balaban J connectivity index is -0.0000000600. The fraction of sp³-hybridized carbons (Fsp3) is 1.00. The van der Waals surface area contributed by atoms with Crippen molar-refractivity contribution in [3.05, 3.63) is 0 Å². The van der Waals surface area contributed by atoms with Crippen molar-refractivity contribution in [2.45, 2.75) is 49.0 Å². The van der Waals surface area contributed by atoms with E-state index in [1.807, 2.05) is 0 Å². The number of rotatable bonds is 4. The second kappa shape index (κ2) is 23.1. The maximum absolute atomic E-state index is 5.13. The Morgan fingerprint density at radius 2 is 1.10 bits per heavy atom. The summed E-state index contributed by atoms with van der Waals surface area (Å²) in [5.74, 6) is 0. The van der Waals surface area contributed by atoms with Crippen LogP contribution in [0.15, 0.2) is 0 Å². The van der Waals surface area contributed by atoms with Crippen LogP contribution in [0.25, 0.3) is 0 Å². The van der Waals surface area contributed by atoms with Crippen LogP contribution >= 0.6 is 0 Å². The highest BCUT2D eigenvalue weighted by molar-refractivity contribution is 4.25. The smallest absolute Gasteiger partial charge is 0.0463 e. The van der Waals surface area contributed by atoms with Gasteiger partial charge in [-0.1, -0.05) is 36.1 Å². The minimum absolute atomic E-state index is 0. The summed E-state index contributed by atoms with van der Waals surface area (Å²) in [6, 6.07) is 0. The second-order valence-electron chi connectivity index (χ2n) is 1.61. The van der Waals surface area contributed by atoms with Gasteiger partial charge < -0.3 is 4.74 Å². The normalized spacial score (nSPS) is 6.60. The molecule has 0 aromatic heterocycles. The molecule has 0 spiro atoms. The molecule has 0 unspecified atom stereocenters. The number of ether oxygens (including phenoxy) is 1. The summed E-state index contributed by atoms with van der Waals surface area (Å²) in [7, 11) is 0. The van der Waals surface area contributed by atoms with E-state index in [-0.39, 0.29) is 22.3 Å². The summed E-state index contributed by atoms with van der Waals surface area (Å²) < 4.78 is 5.13. The van der Waals surface area contributed by atoms with Crippen molar-refractivity contribution >= 4 is 0 Å². The minimum Gasteiger partial charge on any atom is -0.381 e. The molecule has 1 nitrogen and oxygen atoms in total. The molecule has 10 heavy (non-hydrogen) atoms. The molecule has 0 fully saturated rings. The second-order valence-corrected chi connectivity index (χ2v) is 1.61. The van der Waals surface area contributed by atoms with Gasteiger partial charge in [-0.25, -0.2) is 0 Å². The highest BCUT2D eigenvalue weighted by Crippen LogP contribution is 1.81. The molecule has 0 N–H and O–H groups in total. The lowest BCUT2D eigenvalue weighted by molar-refractivity contribution is 0.135. The summed E-state index contributed by atoms with van der Waals surface area (Å²) in [5.41, 5.74) is 0. The third-order valence-corrected chi connectivity index (χ3v) is 0.697. The van der Waals surface area contributed by atoms with Crippen molar-refractivity contribution in [3.8, 4) is 0 Å². The summed E-state index contributed by atoms with van der Waals surface area (Å²) in [6.07, 6.45) is 2.28. The maximum atomic E-state index is 5.13. The Morgan fingerprint density at radius 3 is 1.30 bits per heavy atom. The molecular formula is C9H26O. The molecule has 68 valence electrons. The average molecular weight is 150 g/mol. The lowest BCUT2D eigenvalue weighted by Crippen LogP contribution is -1.92. The third-order valence-electron chi connectivity index (χ3n) is 0.697. The Bertz CT molecular complexity index is 23.9. The lowest BCUT2D eigenvalue weighted by atomic mass is 10.5. The molecule has 0 bridgehead atoms. The maximum Gasteiger partial charge on any atom is 0.0463 e. The molecule has 0 aliphatic carbocycles. The largest absolute Gasteiger partial charge is 0.381 e. The zero-order valence-electron chi connectivity index (χ0n) is 5.24. The Morgan fingerprint density at radius 1 is 0.800 bits per heavy atom. The fourth-order valence-corrected chi connectivity index (χ4v) is 0.391. The zero-order chi connectivity index (χ0) is 5.54. The van der Waals surface area contributed by atoms with Crippen molar-refractivity contribution in [2.75, 3.05) is 13.2 Å². The lowest BCUT2D eigenvalue weighted by Gasteiger charge is -1.95. The number of hydrogen-bond acceptors (Lipinski definition) is 1. The summed E-state index contributed by atoms with van der Waals surface area (Å²) in [6.45, 7) is 6.09. The molecule has 0 aliphatic heterocycles. The van der Waals surface area contributed by atoms with Gasteiger partial charge in [-0.15, -0.1) is 0 Å². The molecule has 0 radical (unpaired) electrons. The Kier molecular flexibility index (Phi) is 51.9. The van der Waals surface area contributed by atoms with E-state index in [0.29, 0.717) is 0 Å². The molecule has 0 aromatic carbocycles. The standard InChI is InChI=1S/C6H14O.3CH4/c1-3-5-7-6-4-2;;;/h3-6H2,1-2H3;3*1H4. The van der Waals surface area contributed by atoms with E-state index >= 15 is 0 Å². The molecule has 0 aliphatic rings. The van der Waals surface area contributed by atoms with E-state index < -0.39 is 0 Å². The minimum atomic E-state index is 0. The van der Waals surface area contributed by atoms with Crippen molar-refractivity contribution < 1.29 is 4.74 Å². The van der Waals surface area contributed by atoms with Crippen molar-refractivity contribution in [1.82, 2.24) is 0 Å². The van der Waals surface area contributed by atoms with E-state index in [4.69, 9.17) is 4.74 Å². The van der Waals surface area contributed by atoms with Gasteiger partial charge in [-0.2, -0.15) is 0 Å². The molecule has 0 heterocycles. The predicted octanol–water partition coefficient (Wildman–Crippen LogP) is 3.73. The molecule has 0 atom stereocenters. The molecule has 0 saturated heterocycles. The van der Waals surface area contributed by atoms with E-state index in [1.165, 1.54) is 0 Å². The number of hydrogen-bond donors (Lipinski definition) is 0. The van der Waals surface area contributed by atoms with Gasteiger partial charge in [-0.05, 0) is 12.8 Å². The van der Waals surface area contributed by atoms with Crippen molar-refractivity contribution in [1.29, 1.82) is 0 Å². The fourth-order valence-electron chi connectivity index (χ4n) is 0.391. The summed E-state index contributed by atoms with van der Waals surface area (Å²) >= 11 is 0. The van der Waals surface area contributed by atoms with Gasteiger partial charge in [0.25, 0.3) is 0 Å². The molecule has 0 saturated carbocycles. The molecular weight excluding hydrogens is 124 g/mol. The van der Waals surface area contributed by atoms with Crippen molar-refractivity contribution in [2.24, 2.45) is 0 Å². The van der Waals surface area contributed by atoms with Crippen LogP contribution in [0.4, 0.5) is 0 Å². The van der Waals surface area contributed by atoms with Gasteiger partial charge in [0.2, 0.25) is 0 Å². The van der Waals surface area contributed by atoms with Crippen LogP contribution < -0.4 is 0 Å². The monoisotopic (exact) mass is 150 g/mol. The van der Waals surface area contributed by atoms with Gasteiger partial charge in [0.05, 0.1) is 0 Å². The highest BCUT2D eigenvalue weighted by Gasteiger charge is 1.77. The van der Waals surface area contributed by atoms with E-state index in [2.05, 4.69) is 13.8 Å². The van der Waals surface area contributed by atoms with Crippen LogP contribution in [0, 0.1) is 0 Å². The molecule has 0 aromatic rings. The molecule has 1 heteroatoms. The predicted molar refractivity (Wildman–Crippen MR) is 51.6 cm³/mol. The van der Waals surface area contributed by atoms with Gasteiger partial charge in [0.15, 0.2) is 0 Å². The topological polar surface area (TPSA) is 9.23 Å². The van der Waals surface area contributed by atoms with Crippen molar-refractivity contribution in [3.63, 3.8) is 0 Å². The first kappa shape index (κ1) is 22.5. The molecule has 0 rings (SSSR count). The zero-order valence-corrected chi connectivity index (χ0v) is 5.24. The van der Waals surface area contributed by atoms with Gasteiger partial charge in [0.1, 0.15) is 0 Å². The average Bonchev–Trinajstić information content (AvgIpc) is 1.69. The van der Waals surface area contributed by atoms with Crippen LogP contribution in [0.5, 0.6) is 0 Å². The van der Waals surface area contributed by atoms with Gasteiger partial charge in [0, 0.05) is 13.2 Å². The van der Waals surface area contributed by atoms with E-state index in [0.717, 1.165) is 26.1 Å². The Labute approximate surface area is 67.8 Å².